The van der Waals surface area contributed by atoms with E-state index in [2.05, 4.69) is 20.7 Å². The second-order valence-corrected chi connectivity index (χ2v) is 4.57. The molecule has 0 bridgehead atoms. The number of H-pyrrole nitrogens is 1. The molecular formula is C11H19N5O. The Morgan fingerprint density at radius 2 is 2.18 bits per heavy atom. The molecular weight excluding hydrogens is 218 g/mol. The van der Waals surface area contributed by atoms with Crippen molar-refractivity contribution >= 4 is 5.91 Å². The van der Waals surface area contributed by atoms with Crippen LogP contribution in [0.3, 0.4) is 0 Å². The third-order valence-electron chi connectivity index (χ3n) is 3.61. The lowest BCUT2D eigenvalue weighted by atomic mass is 9.90. The van der Waals surface area contributed by atoms with Crippen molar-refractivity contribution < 1.29 is 4.79 Å². The maximum absolute atomic E-state index is 12.0. The molecule has 0 aliphatic heterocycles. The van der Waals surface area contributed by atoms with Crippen LogP contribution >= 0.6 is 0 Å². The van der Waals surface area contributed by atoms with E-state index in [4.69, 9.17) is 0 Å². The maximum Gasteiger partial charge on any atom is 0.276 e. The molecule has 0 aromatic carbocycles. The third-order valence-corrected chi connectivity index (χ3v) is 3.61. The number of carbonyl (C=O) groups excluding carboxylic acids is 1. The predicted molar refractivity (Wildman–Crippen MR) is 63.6 cm³/mol. The number of rotatable bonds is 3. The van der Waals surface area contributed by atoms with Gasteiger partial charge in [-0.25, -0.2) is 0 Å². The Morgan fingerprint density at radius 1 is 1.47 bits per heavy atom. The summed E-state index contributed by atoms with van der Waals surface area (Å²) in [6, 6.07) is 0.922. The summed E-state index contributed by atoms with van der Waals surface area (Å²) in [5.41, 5.74) is 0.392. The lowest BCUT2D eigenvalue weighted by Crippen LogP contribution is -2.42. The minimum Gasteiger partial charge on any atom is -0.337 e. The highest BCUT2D eigenvalue weighted by Gasteiger charge is 2.27. The molecule has 0 radical (unpaired) electrons. The van der Waals surface area contributed by atoms with E-state index in [1.165, 1.54) is 6.20 Å². The van der Waals surface area contributed by atoms with Gasteiger partial charge in [0, 0.05) is 19.1 Å². The highest BCUT2D eigenvalue weighted by atomic mass is 16.2. The van der Waals surface area contributed by atoms with Gasteiger partial charge in [-0.15, -0.1) is 0 Å². The number of aromatic nitrogens is 3. The van der Waals surface area contributed by atoms with E-state index >= 15 is 0 Å². The van der Waals surface area contributed by atoms with Crippen molar-refractivity contribution in [3.8, 4) is 0 Å². The quantitative estimate of drug-likeness (QED) is 0.798. The third kappa shape index (κ3) is 2.63. The summed E-state index contributed by atoms with van der Waals surface area (Å²) >= 11 is 0. The number of carbonyl (C=O) groups is 1. The first-order chi connectivity index (χ1) is 8.22. The summed E-state index contributed by atoms with van der Waals surface area (Å²) in [5.74, 6) is -0.0494. The Balaban J connectivity index is 1.92. The van der Waals surface area contributed by atoms with Crippen molar-refractivity contribution in [2.24, 2.45) is 0 Å². The van der Waals surface area contributed by atoms with E-state index in [0.717, 1.165) is 25.7 Å². The molecule has 1 saturated carbocycles. The number of hydrogen-bond donors (Lipinski definition) is 2. The van der Waals surface area contributed by atoms with Gasteiger partial charge in [0.1, 0.15) is 0 Å². The molecule has 1 fully saturated rings. The summed E-state index contributed by atoms with van der Waals surface area (Å²) in [6.45, 7) is 0. The van der Waals surface area contributed by atoms with Crippen LogP contribution in [0.25, 0.3) is 0 Å². The van der Waals surface area contributed by atoms with E-state index in [1.807, 2.05) is 14.1 Å². The van der Waals surface area contributed by atoms with Crippen LogP contribution in [-0.4, -0.2) is 52.4 Å². The molecule has 6 heteroatoms. The zero-order valence-corrected chi connectivity index (χ0v) is 10.3. The fourth-order valence-electron chi connectivity index (χ4n) is 2.40. The molecule has 1 amide bonds. The molecule has 1 aliphatic rings. The Kier molecular flexibility index (Phi) is 3.73. The topological polar surface area (TPSA) is 73.9 Å². The summed E-state index contributed by atoms with van der Waals surface area (Å²) in [5, 5.41) is 13.2. The van der Waals surface area contributed by atoms with Crippen molar-refractivity contribution in [1.29, 1.82) is 0 Å². The molecule has 1 aromatic heterocycles. The maximum atomic E-state index is 12.0. The average molecular weight is 237 g/mol. The first kappa shape index (κ1) is 12.0. The van der Waals surface area contributed by atoms with Crippen LogP contribution in [0.1, 0.15) is 36.2 Å². The average Bonchev–Trinajstić information content (AvgIpc) is 2.91. The van der Waals surface area contributed by atoms with Gasteiger partial charge in [0.2, 0.25) is 0 Å². The van der Waals surface area contributed by atoms with Gasteiger partial charge < -0.3 is 10.2 Å². The van der Waals surface area contributed by atoms with Crippen molar-refractivity contribution in [2.45, 2.75) is 37.8 Å². The standard InChI is InChI=1S/C11H19N5O/c1-12-8-3-5-9(6-4-8)16(2)11(17)10-7-13-15-14-10/h7-9,12H,3-6H2,1-2H3,(H,13,14,15). The normalized spacial score (nSPS) is 24.6. The van der Waals surface area contributed by atoms with E-state index in [0.29, 0.717) is 17.8 Å². The molecule has 0 saturated heterocycles. The number of nitrogens with zero attached hydrogens (tertiary/aromatic N) is 3. The predicted octanol–water partition coefficient (Wildman–Crippen LogP) is 0.407. The van der Waals surface area contributed by atoms with Gasteiger partial charge in [0.05, 0.1) is 6.20 Å². The molecule has 94 valence electrons. The molecule has 17 heavy (non-hydrogen) atoms. The summed E-state index contributed by atoms with van der Waals surface area (Å²) in [7, 11) is 3.84. The van der Waals surface area contributed by atoms with Crippen LogP contribution in [0, 0.1) is 0 Å². The zero-order valence-electron chi connectivity index (χ0n) is 10.3. The van der Waals surface area contributed by atoms with E-state index in [9.17, 15) is 4.79 Å². The molecule has 0 atom stereocenters. The SMILES string of the molecule is CNC1CCC(N(C)C(=O)c2cn[nH]n2)CC1. The lowest BCUT2D eigenvalue weighted by molar-refractivity contribution is 0.0679. The van der Waals surface area contributed by atoms with Crippen molar-refractivity contribution in [3.63, 3.8) is 0 Å². The monoisotopic (exact) mass is 237 g/mol. The minimum atomic E-state index is -0.0494. The second kappa shape index (κ2) is 5.27. The smallest absolute Gasteiger partial charge is 0.276 e. The van der Waals surface area contributed by atoms with Crippen LogP contribution in [-0.2, 0) is 0 Å². The highest BCUT2D eigenvalue weighted by molar-refractivity contribution is 5.91. The first-order valence-electron chi connectivity index (χ1n) is 6.02. The van der Waals surface area contributed by atoms with Gasteiger partial charge in [-0.1, -0.05) is 0 Å². The molecule has 6 nitrogen and oxygen atoms in total. The van der Waals surface area contributed by atoms with Gasteiger partial charge in [-0.05, 0) is 32.7 Å². The first-order valence-corrected chi connectivity index (χ1v) is 6.02. The Hall–Kier alpha value is -1.43. The number of amides is 1. The van der Waals surface area contributed by atoms with Crippen LogP contribution in [0.2, 0.25) is 0 Å². The largest absolute Gasteiger partial charge is 0.337 e. The minimum absolute atomic E-state index is 0.0494. The van der Waals surface area contributed by atoms with Crippen LogP contribution < -0.4 is 5.32 Å². The van der Waals surface area contributed by atoms with Gasteiger partial charge in [0.25, 0.3) is 5.91 Å². The molecule has 0 spiro atoms. The van der Waals surface area contributed by atoms with Crippen LogP contribution in [0.5, 0.6) is 0 Å². The van der Waals surface area contributed by atoms with Gasteiger partial charge >= 0.3 is 0 Å². The molecule has 2 N–H and O–H groups in total. The molecule has 1 aliphatic carbocycles. The van der Waals surface area contributed by atoms with Crippen molar-refractivity contribution in [3.05, 3.63) is 11.9 Å². The van der Waals surface area contributed by atoms with E-state index < -0.39 is 0 Å². The van der Waals surface area contributed by atoms with Gasteiger partial charge in [-0.2, -0.15) is 15.4 Å². The number of nitrogens with one attached hydrogen (secondary N) is 2. The highest BCUT2D eigenvalue weighted by Crippen LogP contribution is 2.22. The molecule has 2 rings (SSSR count). The lowest BCUT2D eigenvalue weighted by Gasteiger charge is -2.34. The van der Waals surface area contributed by atoms with Crippen molar-refractivity contribution in [1.82, 2.24) is 25.6 Å². The Labute approximate surface area is 101 Å². The molecule has 0 unspecified atom stereocenters. The zero-order chi connectivity index (χ0) is 12.3. The Morgan fingerprint density at radius 3 is 2.71 bits per heavy atom. The molecule has 1 aromatic rings. The fourth-order valence-corrected chi connectivity index (χ4v) is 2.40. The Bertz CT molecular complexity index is 356. The van der Waals surface area contributed by atoms with E-state index in [-0.39, 0.29) is 5.91 Å². The fraction of sp³-hybridized carbons (Fsp3) is 0.727. The second-order valence-electron chi connectivity index (χ2n) is 4.57. The van der Waals surface area contributed by atoms with E-state index in [1.54, 1.807) is 4.90 Å². The summed E-state index contributed by atoms with van der Waals surface area (Å²) in [6.07, 6.45) is 5.81. The van der Waals surface area contributed by atoms with Crippen LogP contribution in [0.4, 0.5) is 0 Å². The number of aromatic amines is 1. The van der Waals surface area contributed by atoms with Crippen LogP contribution in [0.15, 0.2) is 6.20 Å². The summed E-state index contributed by atoms with van der Waals surface area (Å²) < 4.78 is 0. The van der Waals surface area contributed by atoms with Gasteiger partial charge in [-0.3, -0.25) is 4.79 Å². The number of hydrogen-bond acceptors (Lipinski definition) is 4. The van der Waals surface area contributed by atoms with Crippen molar-refractivity contribution in [2.75, 3.05) is 14.1 Å². The summed E-state index contributed by atoms with van der Waals surface area (Å²) in [4.78, 5) is 13.8. The molecule has 1 heterocycles. The van der Waals surface area contributed by atoms with Gasteiger partial charge in [0.15, 0.2) is 5.69 Å².